The Morgan fingerprint density at radius 3 is 2.06 bits per heavy atom. The zero-order chi connectivity index (χ0) is 13.0. The summed E-state index contributed by atoms with van der Waals surface area (Å²) in [7, 11) is 0. The van der Waals surface area contributed by atoms with Crippen LogP contribution in [0.5, 0.6) is 0 Å². The first-order chi connectivity index (χ1) is 7.66. The highest BCUT2D eigenvalue weighted by molar-refractivity contribution is 4.93. The maximum Gasteiger partial charge on any atom is 0.187 e. The van der Waals surface area contributed by atoms with Crippen LogP contribution in [0.2, 0.25) is 0 Å². The molecule has 2 fully saturated rings. The van der Waals surface area contributed by atoms with E-state index in [1.807, 2.05) is 6.92 Å². The van der Waals surface area contributed by atoms with Crippen LogP contribution >= 0.6 is 0 Å². The van der Waals surface area contributed by atoms with E-state index in [1.54, 1.807) is 0 Å². The number of rotatable bonds is 0. The van der Waals surface area contributed by atoms with Crippen molar-refractivity contribution in [2.45, 2.75) is 72.8 Å². The quantitative estimate of drug-likeness (QED) is 0.653. The minimum Gasteiger partial charge on any atom is -0.347 e. The average molecular weight is 242 g/mol. The molecule has 0 bridgehead atoms. The highest BCUT2D eigenvalue weighted by Crippen LogP contribution is 2.47. The zero-order valence-corrected chi connectivity index (χ0v) is 12.1. The van der Waals surface area contributed by atoms with Gasteiger partial charge in [-0.1, -0.05) is 34.6 Å². The summed E-state index contributed by atoms with van der Waals surface area (Å²) < 4.78 is 18.2. The second kappa shape index (κ2) is 3.94. The lowest BCUT2D eigenvalue weighted by atomic mass is 9.84. The Labute approximate surface area is 105 Å². The molecule has 3 nitrogen and oxygen atoms in total. The lowest BCUT2D eigenvalue weighted by Gasteiger charge is -2.38. The molecule has 0 amide bonds. The Morgan fingerprint density at radius 2 is 1.53 bits per heavy atom. The third kappa shape index (κ3) is 2.02. The van der Waals surface area contributed by atoms with Crippen molar-refractivity contribution in [1.29, 1.82) is 0 Å². The smallest absolute Gasteiger partial charge is 0.187 e. The number of ether oxygens (including phenoxy) is 3. The molecule has 6 atom stereocenters. The fourth-order valence-electron chi connectivity index (χ4n) is 2.51. The van der Waals surface area contributed by atoms with E-state index in [4.69, 9.17) is 14.2 Å². The number of hydrogen-bond acceptors (Lipinski definition) is 3. The van der Waals surface area contributed by atoms with E-state index in [0.717, 1.165) is 0 Å². The molecule has 0 aromatic rings. The molecule has 17 heavy (non-hydrogen) atoms. The van der Waals surface area contributed by atoms with E-state index in [0.29, 0.717) is 11.8 Å². The van der Waals surface area contributed by atoms with Crippen molar-refractivity contribution in [2.24, 2.45) is 17.3 Å². The highest BCUT2D eigenvalue weighted by atomic mass is 16.8. The van der Waals surface area contributed by atoms with Gasteiger partial charge in [0.2, 0.25) is 0 Å². The predicted octanol–water partition coefficient (Wildman–Crippen LogP) is 3.18. The van der Waals surface area contributed by atoms with Crippen LogP contribution in [0.3, 0.4) is 0 Å². The molecule has 0 spiro atoms. The summed E-state index contributed by atoms with van der Waals surface area (Å²) in [6.07, 6.45) is 0.0861. The molecule has 2 aliphatic heterocycles. The van der Waals surface area contributed by atoms with E-state index >= 15 is 0 Å². The summed E-state index contributed by atoms with van der Waals surface area (Å²) >= 11 is 0. The van der Waals surface area contributed by atoms with Crippen LogP contribution in [-0.4, -0.2) is 24.3 Å². The first-order valence-electron chi connectivity index (χ1n) is 6.67. The van der Waals surface area contributed by atoms with Crippen LogP contribution in [0.25, 0.3) is 0 Å². The molecule has 2 saturated heterocycles. The first-order valence-corrected chi connectivity index (χ1v) is 6.67. The molecule has 3 heteroatoms. The second-order valence-corrected chi connectivity index (χ2v) is 6.82. The van der Waals surface area contributed by atoms with Gasteiger partial charge in [0, 0.05) is 5.41 Å². The summed E-state index contributed by atoms with van der Waals surface area (Å²) in [4.78, 5) is 0. The van der Waals surface area contributed by atoms with Crippen molar-refractivity contribution in [3.05, 3.63) is 0 Å². The lowest BCUT2D eigenvalue weighted by Crippen LogP contribution is -2.46. The van der Waals surface area contributed by atoms with Gasteiger partial charge in [0.15, 0.2) is 12.1 Å². The summed E-state index contributed by atoms with van der Waals surface area (Å²) in [5.41, 5.74) is -0.0557. The molecule has 2 aliphatic rings. The fourth-order valence-corrected chi connectivity index (χ4v) is 2.51. The van der Waals surface area contributed by atoms with Gasteiger partial charge in [-0.25, -0.2) is 0 Å². The minimum atomic E-state index is -0.555. The van der Waals surface area contributed by atoms with Crippen molar-refractivity contribution in [3.63, 3.8) is 0 Å². The maximum absolute atomic E-state index is 6.20. The predicted molar refractivity (Wildman–Crippen MR) is 66.5 cm³/mol. The van der Waals surface area contributed by atoms with Crippen molar-refractivity contribution < 1.29 is 14.2 Å². The molecule has 0 radical (unpaired) electrons. The van der Waals surface area contributed by atoms with Gasteiger partial charge >= 0.3 is 0 Å². The van der Waals surface area contributed by atoms with Crippen molar-refractivity contribution in [2.75, 3.05) is 0 Å². The summed E-state index contributed by atoms with van der Waals surface area (Å²) in [5, 5.41) is 0. The summed E-state index contributed by atoms with van der Waals surface area (Å²) in [5.74, 6) is 0.412. The van der Waals surface area contributed by atoms with Gasteiger partial charge in [-0.2, -0.15) is 0 Å². The molecule has 2 heterocycles. The molecular formula is C14H26O3. The fraction of sp³-hybridized carbons (Fsp3) is 1.00. The van der Waals surface area contributed by atoms with Gasteiger partial charge < -0.3 is 14.2 Å². The van der Waals surface area contributed by atoms with Gasteiger partial charge in [-0.05, 0) is 25.7 Å². The Kier molecular flexibility index (Phi) is 3.08. The van der Waals surface area contributed by atoms with Crippen LogP contribution in [-0.2, 0) is 14.2 Å². The second-order valence-electron chi connectivity index (χ2n) is 6.82. The molecule has 0 saturated carbocycles. The van der Waals surface area contributed by atoms with Crippen LogP contribution in [0.1, 0.15) is 48.5 Å². The minimum absolute atomic E-state index is 0.0557. The molecule has 0 aromatic carbocycles. The van der Waals surface area contributed by atoms with E-state index < -0.39 is 5.79 Å². The zero-order valence-electron chi connectivity index (χ0n) is 12.1. The highest BCUT2D eigenvalue weighted by Gasteiger charge is 2.56. The largest absolute Gasteiger partial charge is 0.347 e. The van der Waals surface area contributed by atoms with Gasteiger partial charge in [-0.3, -0.25) is 0 Å². The monoisotopic (exact) mass is 242 g/mol. The molecule has 0 aromatic heterocycles. The number of fused-ring (bicyclic) bond motifs is 1. The van der Waals surface area contributed by atoms with Crippen LogP contribution in [0, 0.1) is 17.3 Å². The van der Waals surface area contributed by atoms with Crippen LogP contribution in [0.15, 0.2) is 0 Å². The molecule has 0 aliphatic carbocycles. The van der Waals surface area contributed by atoms with Gasteiger partial charge in [0.05, 0.1) is 6.10 Å². The molecular weight excluding hydrogens is 216 g/mol. The van der Waals surface area contributed by atoms with Crippen LogP contribution < -0.4 is 0 Å². The maximum atomic E-state index is 6.20. The van der Waals surface area contributed by atoms with Crippen molar-refractivity contribution in [1.82, 2.24) is 0 Å². The van der Waals surface area contributed by atoms with E-state index in [-0.39, 0.29) is 23.9 Å². The van der Waals surface area contributed by atoms with E-state index in [9.17, 15) is 0 Å². The summed E-state index contributed by atoms with van der Waals surface area (Å²) in [6.45, 7) is 15.0. The Balaban J connectivity index is 2.20. The normalized spacial score (nSPS) is 51.4. The molecule has 2 rings (SSSR count). The third-order valence-corrected chi connectivity index (χ3v) is 4.77. The lowest BCUT2D eigenvalue weighted by molar-refractivity contribution is -0.256. The molecule has 100 valence electrons. The van der Waals surface area contributed by atoms with Gasteiger partial charge in [-0.15, -0.1) is 0 Å². The Morgan fingerprint density at radius 1 is 0.941 bits per heavy atom. The van der Waals surface area contributed by atoms with E-state index in [2.05, 4.69) is 41.5 Å². The molecule has 0 N–H and O–H groups in total. The van der Waals surface area contributed by atoms with Gasteiger partial charge in [0.1, 0.15) is 6.10 Å². The number of hydrogen-bond donors (Lipinski definition) is 0. The van der Waals surface area contributed by atoms with Crippen molar-refractivity contribution in [3.8, 4) is 0 Å². The SMILES string of the molecule is CC1OC2OC(C)(C(C)(C)C)OC2C(C)C1C. The first kappa shape index (κ1) is 13.3. The van der Waals surface area contributed by atoms with E-state index in [1.165, 1.54) is 0 Å². The third-order valence-electron chi connectivity index (χ3n) is 4.77. The molecule has 6 unspecified atom stereocenters. The Hall–Kier alpha value is -0.120. The van der Waals surface area contributed by atoms with Crippen LogP contribution in [0.4, 0.5) is 0 Å². The van der Waals surface area contributed by atoms with Crippen molar-refractivity contribution >= 4 is 0 Å². The van der Waals surface area contributed by atoms with Gasteiger partial charge in [0.25, 0.3) is 0 Å². The topological polar surface area (TPSA) is 27.7 Å². The Bertz CT molecular complexity index is 296. The summed E-state index contributed by atoms with van der Waals surface area (Å²) in [6, 6.07) is 0. The average Bonchev–Trinajstić information content (AvgIpc) is 2.52. The standard InChI is InChI=1S/C14H26O3/c1-8-9(2)11-12(15-10(8)3)17-14(7,16-11)13(4,5)6/h8-12H,1-7H3.